The van der Waals surface area contributed by atoms with Crippen LogP contribution < -0.4 is 0 Å². The van der Waals surface area contributed by atoms with E-state index in [2.05, 4.69) is 0 Å². The number of hydrogen-bond acceptors (Lipinski definition) is 8. The first-order valence-corrected chi connectivity index (χ1v) is 8.29. The summed E-state index contributed by atoms with van der Waals surface area (Å²) in [6, 6.07) is -0.580. The molecule has 1 aliphatic heterocycles. The molecule has 0 unspecified atom stereocenters. The second kappa shape index (κ2) is 8.37. The molecule has 148 valence electrons. The van der Waals surface area contributed by atoms with Crippen LogP contribution in [-0.4, -0.2) is 65.9 Å². The molecule has 0 aliphatic carbocycles. The fourth-order valence-corrected chi connectivity index (χ4v) is 2.69. The highest BCUT2D eigenvalue weighted by atomic mass is 16.6. The normalized spacial score (nSPS) is 22.5. The maximum absolute atomic E-state index is 12.5. The largest absolute Gasteiger partial charge is 0.464 e. The minimum atomic E-state index is -1.22. The lowest BCUT2D eigenvalue weighted by atomic mass is 10.0. The van der Waals surface area contributed by atoms with Crippen LogP contribution >= 0.6 is 0 Å². The lowest BCUT2D eigenvalue weighted by Crippen LogP contribution is -2.45. The summed E-state index contributed by atoms with van der Waals surface area (Å²) in [5.41, 5.74) is -1.95. The zero-order valence-electron chi connectivity index (χ0n) is 16.1. The summed E-state index contributed by atoms with van der Waals surface area (Å²) in [5, 5.41) is 0. The minimum absolute atomic E-state index is 0.0410. The van der Waals surface area contributed by atoms with Gasteiger partial charge in [0.2, 0.25) is 0 Å². The van der Waals surface area contributed by atoms with Gasteiger partial charge in [0, 0.05) is 27.2 Å². The molecule has 0 spiro atoms. The fourth-order valence-electron chi connectivity index (χ4n) is 2.69. The van der Waals surface area contributed by atoms with E-state index in [1.165, 1.54) is 25.7 Å². The maximum atomic E-state index is 12.5. The Bertz CT molecular complexity index is 568. The molecule has 1 aliphatic rings. The number of nitrogens with zero attached hydrogens (tertiary/aromatic N) is 1. The molecule has 1 heterocycles. The van der Waals surface area contributed by atoms with E-state index in [4.69, 9.17) is 18.9 Å². The first kappa shape index (κ1) is 21.7. The number of carbonyl (C=O) groups excluding carboxylic acids is 4. The van der Waals surface area contributed by atoms with Crippen LogP contribution in [0.15, 0.2) is 0 Å². The number of esters is 3. The third-order valence-corrected chi connectivity index (χ3v) is 3.51. The highest BCUT2D eigenvalue weighted by Gasteiger charge is 2.50. The minimum Gasteiger partial charge on any atom is -0.464 e. The number of likely N-dealkylation sites (tertiary alicyclic amines) is 1. The Hall–Kier alpha value is -2.32. The highest BCUT2D eigenvalue weighted by Crippen LogP contribution is 2.33. The van der Waals surface area contributed by atoms with Gasteiger partial charge in [0.15, 0.2) is 5.60 Å². The van der Waals surface area contributed by atoms with Gasteiger partial charge < -0.3 is 18.9 Å². The van der Waals surface area contributed by atoms with Crippen molar-refractivity contribution in [3.05, 3.63) is 0 Å². The second-order valence-electron chi connectivity index (χ2n) is 7.33. The van der Waals surface area contributed by atoms with Gasteiger partial charge in [-0.1, -0.05) is 0 Å². The number of hydrogen-bond donors (Lipinski definition) is 0. The smallest absolute Gasteiger partial charge is 0.410 e. The molecular weight excluding hydrogens is 346 g/mol. The zero-order valence-corrected chi connectivity index (χ0v) is 16.1. The van der Waals surface area contributed by atoms with Crippen LogP contribution in [0.2, 0.25) is 0 Å². The van der Waals surface area contributed by atoms with Crippen molar-refractivity contribution in [2.45, 2.75) is 65.2 Å². The molecule has 0 N–H and O–H groups in total. The molecule has 0 radical (unpaired) electrons. The lowest BCUT2D eigenvalue weighted by Gasteiger charge is -2.29. The van der Waals surface area contributed by atoms with Crippen molar-refractivity contribution in [1.82, 2.24) is 4.90 Å². The van der Waals surface area contributed by atoms with E-state index < -0.39 is 41.2 Å². The molecule has 0 aromatic heterocycles. The van der Waals surface area contributed by atoms with E-state index in [1.54, 1.807) is 20.8 Å². The topological polar surface area (TPSA) is 108 Å². The third-order valence-electron chi connectivity index (χ3n) is 3.51. The van der Waals surface area contributed by atoms with E-state index in [-0.39, 0.29) is 26.2 Å². The van der Waals surface area contributed by atoms with Crippen LogP contribution in [0.1, 0.15) is 48.0 Å². The van der Waals surface area contributed by atoms with Gasteiger partial charge in [-0.2, -0.15) is 0 Å². The lowest BCUT2D eigenvalue weighted by molar-refractivity contribution is -0.168. The van der Waals surface area contributed by atoms with E-state index in [0.717, 1.165) is 0 Å². The summed E-state index contributed by atoms with van der Waals surface area (Å²) in [4.78, 5) is 47.8. The summed E-state index contributed by atoms with van der Waals surface area (Å²) >= 11 is 0. The van der Waals surface area contributed by atoms with Gasteiger partial charge in [0.05, 0.1) is 12.6 Å². The molecule has 1 fully saturated rings. The molecule has 26 heavy (non-hydrogen) atoms. The van der Waals surface area contributed by atoms with Crippen LogP contribution in [0.5, 0.6) is 0 Å². The SMILES string of the molecule is CC(=O)OC[C@@H]1C[C@](COC(C)=O)(OC(C)=O)CN1C(=O)OC(C)(C)C. The summed E-state index contributed by atoms with van der Waals surface area (Å²) < 4.78 is 20.8. The van der Waals surface area contributed by atoms with Crippen LogP contribution in [0, 0.1) is 0 Å². The van der Waals surface area contributed by atoms with Crippen molar-refractivity contribution in [2.24, 2.45) is 0 Å². The van der Waals surface area contributed by atoms with Crippen molar-refractivity contribution in [3.8, 4) is 0 Å². The van der Waals surface area contributed by atoms with Crippen molar-refractivity contribution >= 4 is 24.0 Å². The molecule has 1 rings (SSSR count). The Morgan fingerprint density at radius 1 is 1.00 bits per heavy atom. The van der Waals surface area contributed by atoms with Crippen molar-refractivity contribution in [2.75, 3.05) is 19.8 Å². The molecule has 9 nitrogen and oxygen atoms in total. The molecule has 2 atom stereocenters. The first-order chi connectivity index (χ1) is 11.8. The van der Waals surface area contributed by atoms with Crippen molar-refractivity contribution in [1.29, 1.82) is 0 Å². The summed E-state index contributed by atoms with van der Waals surface area (Å²) in [5.74, 6) is -1.61. The van der Waals surface area contributed by atoms with Gasteiger partial charge in [-0.25, -0.2) is 4.79 Å². The van der Waals surface area contributed by atoms with Gasteiger partial charge in [0.25, 0.3) is 0 Å². The Labute approximate surface area is 152 Å². The second-order valence-corrected chi connectivity index (χ2v) is 7.33. The maximum Gasteiger partial charge on any atom is 0.410 e. The van der Waals surface area contributed by atoms with Crippen LogP contribution in [-0.2, 0) is 33.3 Å². The van der Waals surface area contributed by atoms with Crippen molar-refractivity contribution < 1.29 is 38.1 Å². The van der Waals surface area contributed by atoms with Gasteiger partial charge in [-0.3, -0.25) is 19.3 Å². The average molecular weight is 373 g/mol. The molecule has 0 aromatic rings. The quantitative estimate of drug-likeness (QED) is 0.526. The van der Waals surface area contributed by atoms with Crippen LogP contribution in [0.4, 0.5) is 4.79 Å². The molecule has 0 bridgehead atoms. The van der Waals surface area contributed by atoms with Crippen LogP contribution in [0.3, 0.4) is 0 Å². The molecule has 9 heteroatoms. The van der Waals surface area contributed by atoms with Gasteiger partial charge >= 0.3 is 24.0 Å². The fraction of sp³-hybridized carbons (Fsp3) is 0.765. The third kappa shape index (κ3) is 6.89. The van der Waals surface area contributed by atoms with E-state index >= 15 is 0 Å². The number of ether oxygens (including phenoxy) is 4. The number of amides is 1. The predicted octanol–water partition coefficient (Wildman–Crippen LogP) is 1.42. The Balaban J connectivity index is 3.06. The van der Waals surface area contributed by atoms with Gasteiger partial charge in [-0.05, 0) is 20.8 Å². The summed E-state index contributed by atoms with van der Waals surface area (Å²) in [6.45, 7) is 8.55. The summed E-state index contributed by atoms with van der Waals surface area (Å²) in [6.07, 6.45) is -0.488. The average Bonchev–Trinajstić information content (AvgIpc) is 2.80. The predicted molar refractivity (Wildman–Crippen MR) is 89.1 cm³/mol. The van der Waals surface area contributed by atoms with E-state index in [0.29, 0.717) is 0 Å². The first-order valence-electron chi connectivity index (χ1n) is 8.29. The molecule has 1 amide bonds. The zero-order chi connectivity index (χ0) is 20.1. The number of rotatable bonds is 5. The number of carbonyl (C=O) groups is 4. The Morgan fingerprint density at radius 3 is 2.04 bits per heavy atom. The highest BCUT2D eigenvalue weighted by molar-refractivity contribution is 5.71. The summed E-state index contributed by atoms with van der Waals surface area (Å²) in [7, 11) is 0. The van der Waals surface area contributed by atoms with Gasteiger partial charge in [0.1, 0.15) is 18.8 Å². The molecular formula is C17H27NO8. The Kier molecular flexibility index (Phi) is 7.00. The monoisotopic (exact) mass is 373 g/mol. The van der Waals surface area contributed by atoms with Crippen LogP contribution in [0.25, 0.3) is 0 Å². The molecule has 0 saturated carbocycles. The molecule has 1 saturated heterocycles. The van der Waals surface area contributed by atoms with E-state index in [1.807, 2.05) is 0 Å². The Morgan fingerprint density at radius 2 is 1.58 bits per heavy atom. The van der Waals surface area contributed by atoms with E-state index in [9.17, 15) is 19.2 Å². The van der Waals surface area contributed by atoms with Crippen molar-refractivity contribution in [3.63, 3.8) is 0 Å². The molecule has 0 aromatic carbocycles. The standard InChI is InChI=1S/C17H27NO8/c1-11(19)23-8-14-7-17(25-13(3)21,10-24-12(2)20)9-18(14)15(22)26-16(4,5)6/h14H,7-10H2,1-6H3/t14-,17-/m0/s1. The van der Waals surface area contributed by atoms with Gasteiger partial charge in [-0.15, -0.1) is 0 Å².